The van der Waals surface area contributed by atoms with Gasteiger partial charge in [-0.15, -0.1) is 11.3 Å². The lowest BCUT2D eigenvalue weighted by Crippen LogP contribution is -2.44. The molecule has 3 aromatic rings. The molecule has 0 aliphatic carbocycles. The van der Waals surface area contributed by atoms with Gasteiger partial charge >= 0.3 is 0 Å². The Morgan fingerprint density at radius 2 is 1.77 bits per heavy atom. The Hall–Kier alpha value is -2.37. The Morgan fingerprint density at radius 1 is 1.03 bits per heavy atom. The van der Waals surface area contributed by atoms with Crippen molar-refractivity contribution in [3.63, 3.8) is 0 Å². The zero-order chi connectivity index (χ0) is 21.4. The first-order chi connectivity index (χ1) is 15.0. The minimum atomic E-state index is -3.66. The van der Waals surface area contributed by atoms with Crippen LogP contribution >= 0.6 is 11.3 Å². The summed E-state index contributed by atoms with van der Waals surface area (Å²) in [5.41, 5.74) is 1.85. The second-order valence-corrected chi connectivity index (χ2v) is 10.3. The van der Waals surface area contributed by atoms with E-state index in [-0.39, 0.29) is 29.8 Å². The number of rotatable bonds is 6. The van der Waals surface area contributed by atoms with Crippen molar-refractivity contribution in [1.82, 2.24) is 14.7 Å². The van der Waals surface area contributed by atoms with E-state index in [4.69, 9.17) is 9.47 Å². The van der Waals surface area contributed by atoms with Gasteiger partial charge in [-0.25, -0.2) is 23.1 Å². The molecule has 10 heteroatoms. The first-order valence-corrected chi connectivity index (χ1v) is 12.3. The molecule has 2 aliphatic heterocycles. The largest absolute Gasteiger partial charge is 0.371 e. The van der Waals surface area contributed by atoms with Crippen molar-refractivity contribution in [3.8, 4) is 10.6 Å². The van der Waals surface area contributed by atoms with Gasteiger partial charge in [0.1, 0.15) is 12.2 Å². The van der Waals surface area contributed by atoms with Crippen molar-refractivity contribution in [2.45, 2.75) is 36.1 Å². The number of hydrogen-bond acceptors (Lipinski definition) is 8. The lowest BCUT2D eigenvalue weighted by atomic mass is 10.1. The molecule has 4 atom stereocenters. The maximum atomic E-state index is 12.8. The molecular formula is C21H22N4O4S2. The van der Waals surface area contributed by atoms with Crippen LogP contribution in [0.5, 0.6) is 0 Å². The maximum absolute atomic E-state index is 12.8. The summed E-state index contributed by atoms with van der Waals surface area (Å²) in [6.45, 7) is 2.54. The first-order valence-electron chi connectivity index (χ1n) is 9.95. The van der Waals surface area contributed by atoms with Crippen molar-refractivity contribution in [2.24, 2.45) is 0 Å². The van der Waals surface area contributed by atoms with Crippen LogP contribution in [-0.2, 0) is 19.5 Å². The fraction of sp³-hybridized carbons (Fsp3) is 0.333. The van der Waals surface area contributed by atoms with Gasteiger partial charge in [-0.3, -0.25) is 0 Å². The second-order valence-electron chi connectivity index (χ2n) is 7.63. The van der Waals surface area contributed by atoms with Gasteiger partial charge in [0.15, 0.2) is 0 Å². The summed E-state index contributed by atoms with van der Waals surface area (Å²) >= 11 is 1.61. The second kappa shape index (κ2) is 8.29. The van der Waals surface area contributed by atoms with Crippen LogP contribution in [0.2, 0.25) is 0 Å². The maximum Gasteiger partial charge on any atom is 0.240 e. The molecule has 4 heterocycles. The minimum absolute atomic E-state index is 0.169. The van der Waals surface area contributed by atoms with Gasteiger partial charge in [0.05, 0.1) is 40.8 Å². The molecule has 8 nitrogen and oxygen atoms in total. The highest BCUT2D eigenvalue weighted by atomic mass is 32.2. The summed E-state index contributed by atoms with van der Waals surface area (Å²) in [7, 11) is -3.66. The highest BCUT2D eigenvalue weighted by Crippen LogP contribution is 2.30. The molecule has 0 radical (unpaired) electrons. The van der Waals surface area contributed by atoms with Crippen LogP contribution in [0, 0.1) is 6.92 Å². The topological polar surface area (TPSA) is 102 Å². The predicted molar refractivity (Wildman–Crippen MR) is 118 cm³/mol. The normalized spacial score (nSPS) is 25.5. The third kappa shape index (κ3) is 4.21. The number of aromatic nitrogens is 2. The van der Waals surface area contributed by atoms with Crippen molar-refractivity contribution >= 4 is 27.3 Å². The van der Waals surface area contributed by atoms with Crippen molar-refractivity contribution in [1.29, 1.82) is 0 Å². The van der Waals surface area contributed by atoms with E-state index in [1.165, 1.54) is 0 Å². The molecule has 2 fully saturated rings. The number of nitrogens with one attached hydrogen (secondary N) is 2. The molecule has 2 aromatic heterocycles. The van der Waals surface area contributed by atoms with Gasteiger partial charge in [-0.05, 0) is 36.6 Å². The van der Waals surface area contributed by atoms with Gasteiger partial charge in [0, 0.05) is 6.20 Å². The number of nitrogens with zero attached hydrogens (tertiary/aromatic N) is 2. The highest BCUT2D eigenvalue weighted by Gasteiger charge is 2.49. The lowest BCUT2D eigenvalue weighted by molar-refractivity contribution is 0.0690. The summed E-state index contributed by atoms with van der Waals surface area (Å²) in [5, 5.41) is 5.30. The molecule has 0 bridgehead atoms. The average Bonchev–Trinajstić information content (AvgIpc) is 3.49. The van der Waals surface area contributed by atoms with Gasteiger partial charge in [-0.1, -0.05) is 23.8 Å². The molecule has 5 rings (SSSR count). The standard InChI is InChI=1S/C21H22N4O4S2/c1-13-4-6-14(7-5-13)31(26,27)25-17-12-29-19-16(11-28-20(17)19)24-21-22-9-8-15(23-21)18-3-2-10-30-18/h2-10,16-17,19-20,25H,11-12H2,1H3,(H,22,23,24). The molecule has 31 heavy (non-hydrogen) atoms. The average molecular weight is 459 g/mol. The summed E-state index contributed by atoms with van der Waals surface area (Å²) in [6.07, 6.45) is 1.05. The van der Waals surface area contributed by atoms with Gasteiger partial charge in [0.2, 0.25) is 16.0 Å². The summed E-state index contributed by atoms with van der Waals surface area (Å²) in [4.78, 5) is 10.2. The summed E-state index contributed by atoms with van der Waals surface area (Å²) in [6, 6.07) is 12.0. The number of anilines is 1. The molecule has 2 aliphatic rings. The van der Waals surface area contributed by atoms with Crippen LogP contribution in [-0.4, -0.2) is 55.9 Å². The van der Waals surface area contributed by atoms with Crippen molar-refractivity contribution < 1.29 is 17.9 Å². The molecule has 2 N–H and O–H groups in total. The molecule has 162 valence electrons. The number of ether oxygens (including phenoxy) is 2. The van der Waals surface area contributed by atoms with Crippen LogP contribution in [0.3, 0.4) is 0 Å². The molecule has 2 saturated heterocycles. The van der Waals surface area contributed by atoms with Gasteiger partial charge < -0.3 is 14.8 Å². The van der Waals surface area contributed by atoms with Crippen LogP contribution in [0.4, 0.5) is 5.95 Å². The molecule has 4 unspecified atom stereocenters. The zero-order valence-electron chi connectivity index (χ0n) is 16.8. The van der Waals surface area contributed by atoms with E-state index in [9.17, 15) is 8.42 Å². The Kier molecular flexibility index (Phi) is 5.49. The molecule has 0 amide bonds. The fourth-order valence-corrected chi connectivity index (χ4v) is 5.79. The van der Waals surface area contributed by atoms with Crippen LogP contribution < -0.4 is 10.0 Å². The predicted octanol–water partition coefficient (Wildman–Crippen LogP) is 2.44. The number of thiophene rings is 1. The van der Waals surface area contributed by atoms with Crippen LogP contribution in [0.15, 0.2) is 58.9 Å². The Labute approximate surface area is 184 Å². The smallest absolute Gasteiger partial charge is 0.240 e. The lowest BCUT2D eigenvalue weighted by Gasteiger charge is -2.18. The number of benzene rings is 1. The van der Waals surface area contributed by atoms with E-state index in [2.05, 4.69) is 20.0 Å². The minimum Gasteiger partial charge on any atom is -0.371 e. The van der Waals surface area contributed by atoms with Crippen LogP contribution in [0.25, 0.3) is 10.6 Å². The van der Waals surface area contributed by atoms with Crippen molar-refractivity contribution in [2.75, 3.05) is 18.5 Å². The Bertz CT molecular complexity index is 1150. The monoisotopic (exact) mass is 458 g/mol. The number of fused-ring (bicyclic) bond motifs is 1. The zero-order valence-corrected chi connectivity index (χ0v) is 18.4. The van der Waals surface area contributed by atoms with E-state index in [1.807, 2.05) is 30.5 Å². The third-order valence-electron chi connectivity index (χ3n) is 5.43. The molecule has 1 aromatic carbocycles. The van der Waals surface area contributed by atoms with E-state index >= 15 is 0 Å². The van der Waals surface area contributed by atoms with E-state index in [0.29, 0.717) is 12.6 Å². The molecule has 0 saturated carbocycles. The van der Waals surface area contributed by atoms with Crippen LogP contribution in [0.1, 0.15) is 5.56 Å². The summed E-state index contributed by atoms with van der Waals surface area (Å²) in [5.74, 6) is 0.493. The highest BCUT2D eigenvalue weighted by molar-refractivity contribution is 7.89. The first kappa shape index (κ1) is 20.5. The van der Waals surface area contributed by atoms with E-state index < -0.39 is 16.1 Å². The molecular weight excluding hydrogens is 436 g/mol. The molecule has 0 spiro atoms. The number of aryl methyl sites for hydroxylation is 1. The van der Waals surface area contributed by atoms with Gasteiger partial charge in [-0.2, -0.15) is 0 Å². The quantitative estimate of drug-likeness (QED) is 0.585. The fourth-order valence-electron chi connectivity index (χ4n) is 3.86. The van der Waals surface area contributed by atoms with E-state index in [1.54, 1.807) is 41.8 Å². The van der Waals surface area contributed by atoms with E-state index in [0.717, 1.165) is 16.1 Å². The third-order valence-corrected chi connectivity index (χ3v) is 7.83. The number of hydrogen-bond donors (Lipinski definition) is 2. The van der Waals surface area contributed by atoms with Crippen molar-refractivity contribution in [3.05, 3.63) is 59.6 Å². The summed E-state index contributed by atoms with van der Waals surface area (Å²) < 4.78 is 40.1. The number of sulfonamides is 1. The SMILES string of the molecule is Cc1ccc(S(=O)(=O)NC2COC3C(Nc4nccc(-c5cccs5)n4)COC23)cc1. The Balaban J connectivity index is 1.26. The Morgan fingerprint density at radius 3 is 2.52 bits per heavy atom. The van der Waals surface area contributed by atoms with Gasteiger partial charge in [0.25, 0.3) is 0 Å².